The maximum absolute atomic E-state index is 11.6. The quantitative estimate of drug-likeness (QED) is 0.420. The lowest BCUT2D eigenvalue weighted by molar-refractivity contribution is 0.100. The zero-order valence-electron chi connectivity index (χ0n) is 20.1. The molecule has 3 aromatic rings. The molecule has 3 aromatic carbocycles. The Labute approximate surface area is 191 Å². The lowest BCUT2D eigenvalue weighted by atomic mass is 9.95. The van der Waals surface area contributed by atoms with Crippen LogP contribution in [-0.2, 0) is 6.42 Å². The van der Waals surface area contributed by atoms with Crippen LogP contribution in [0.25, 0.3) is 0 Å². The topological polar surface area (TPSA) is 51.2 Å². The minimum absolute atomic E-state index is 0.0858. The first-order valence-electron chi connectivity index (χ1n) is 10.8. The van der Waals surface area contributed by atoms with E-state index in [0.29, 0.717) is 0 Å². The Kier molecular flexibility index (Phi) is 8.42. The van der Waals surface area contributed by atoms with Gasteiger partial charge in [-0.05, 0) is 101 Å². The molecule has 0 bridgehead atoms. The van der Waals surface area contributed by atoms with Crippen LogP contribution in [0.2, 0.25) is 0 Å². The predicted octanol–water partition coefficient (Wildman–Crippen LogP) is 6.81. The standard InChI is InChI=1S/C19H20O2.C10H12O/c1-12-5-7-16(10-18(12)14(3)20)9-17-8-6-13(2)19(11-17)15(4)21;1-7-4-8(2)6-10(5-7)9(3)11/h5-8,10-11H,9H2,1-4H3;4-6H,1-3H3. The van der Waals surface area contributed by atoms with Crippen molar-refractivity contribution >= 4 is 17.3 Å². The van der Waals surface area contributed by atoms with Gasteiger partial charge in [-0.25, -0.2) is 0 Å². The first-order valence-corrected chi connectivity index (χ1v) is 10.8. The maximum atomic E-state index is 11.6. The van der Waals surface area contributed by atoms with E-state index >= 15 is 0 Å². The first kappa shape index (κ1) is 24.9. The number of aryl methyl sites for hydroxylation is 4. The summed E-state index contributed by atoms with van der Waals surface area (Å²) < 4.78 is 0. The summed E-state index contributed by atoms with van der Waals surface area (Å²) in [6.07, 6.45) is 0.723. The summed E-state index contributed by atoms with van der Waals surface area (Å²) in [5.41, 5.74) is 8.82. The van der Waals surface area contributed by atoms with Gasteiger partial charge in [-0.2, -0.15) is 0 Å². The van der Waals surface area contributed by atoms with Gasteiger partial charge >= 0.3 is 0 Å². The van der Waals surface area contributed by atoms with Crippen molar-refractivity contribution in [2.24, 2.45) is 0 Å². The summed E-state index contributed by atoms with van der Waals surface area (Å²) in [5.74, 6) is 0.308. The van der Waals surface area contributed by atoms with Gasteiger partial charge in [0.15, 0.2) is 17.3 Å². The summed E-state index contributed by atoms with van der Waals surface area (Å²) in [4.78, 5) is 34.2. The molecule has 0 N–H and O–H groups in total. The lowest BCUT2D eigenvalue weighted by Gasteiger charge is -2.09. The highest BCUT2D eigenvalue weighted by molar-refractivity contribution is 5.96. The van der Waals surface area contributed by atoms with Gasteiger partial charge in [-0.1, -0.05) is 41.5 Å². The monoisotopic (exact) mass is 428 g/mol. The normalized spacial score (nSPS) is 10.2. The number of ketones is 3. The summed E-state index contributed by atoms with van der Waals surface area (Å²) in [6, 6.07) is 17.8. The van der Waals surface area contributed by atoms with Gasteiger partial charge in [0.05, 0.1) is 0 Å². The molecule has 0 aliphatic carbocycles. The van der Waals surface area contributed by atoms with E-state index in [2.05, 4.69) is 6.07 Å². The Morgan fingerprint density at radius 1 is 0.562 bits per heavy atom. The van der Waals surface area contributed by atoms with Gasteiger partial charge in [0.1, 0.15) is 0 Å². The molecule has 3 nitrogen and oxygen atoms in total. The molecule has 0 atom stereocenters. The van der Waals surface area contributed by atoms with E-state index in [1.165, 1.54) is 0 Å². The van der Waals surface area contributed by atoms with Crippen molar-refractivity contribution in [1.29, 1.82) is 0 Å². The zero-order chi connectivity index (χ0) is 24.0. The number of Topliss-reactive ketones (excluding diaryl/α,β-unsaturated/α-hetero) is 3. The van der Waals surface area contributed by atoms with E-state index in [-0.39, 0.29) is 17.3 Å². The summed E-state index contributed by atoms with van der Waals surface area (Å²) in [5, 5.41) is 0. The van der Waals surface area contributed by atoms with Gasteiger partial charge in [0.25, 0.3) is 0 Å². The molecule has 3 rings (SSSR count). The van der Waals surface area contributed by atoms with E-state index in [1.807, 2.05) is 76.2 Å². The molecular weight excluding hydrogens is 396 g/mol. The Balaban J connectivity index is 0.000000278. The molecule has 32 heavy (non-hydrogen) atoms. The Hall–Kier alpha value is -3.33. The number of carbonyl (C=O) groups is 3. The second-order valence-electron chi connectivity index (χ2n) is 8.52. The molecule has 0 aromatic heterocycles. The van der Waals surface area contributed by atoms with Crippen molar-refractivity contribution in [2.45, 2.75) is 54.9 Å². The fourth-order valence-electron chi connectivity index (χ4n) is 3.73. The molecule has 0 amide bonds. The highest BCUT2D eigenvalue weighted by Crippen LogP contribution is 2.18. The summed E-state index contributed by atoms with van der Waals surface area (Å²) in [6.45, 7) is 12.7. The molecular formula is C29H32O3. The van der Waals surface area contributed by atoms with Crippen molar-refractivity contribution in [1.82, 2.24) is 0 Å². The number of rotatable bonds is 5. The van der Waals surface area contributed by atoms with Gasteiger partial charge < -0.3 is 0 Å². The highest BCUT2D eigenvalue weighted by atomic mass is 16.1. The molecule has 0 aliphatic heterocycles. The second-order valence-corrected chi connectivity index (χ2v) is 8.52. The molecule has 0 unspecified atom stereocenters. The van der Waals surface area contributed by atoms with Gasteiger partial charge in [0, 0.05) is 16.7 Å². The third-order valence-electron chi connectivity index (χ3n) is 5.40. The van der Waals surface area contributed by atoms with Crippen LogP contribution in [0.1, 0.15) is 85.2 Å². The van der Waals surface area contributed by atoms with Gasteiger partial charge in [-0.15, -0.1) is 0 Å². The molecule has 0 saturated carbocycles. The van der Waals surface area contributed by atoms with Crippen LogP contribution in [0, 0.1) is 27.7 Å². The van der Waals surface area contributed by atoms with Crippen LogP contribution in [-0.4, -0.2) is 17.3 Å². The van der Waals surface area contributed by atoms with Crippen LogP contribution >= 0.6 is 0 Å². The molecule has 0 aliphatic rings. The maximum Gasteiger partial charge on any atom is 0.160 e. The zero-order valence-corrected chi connectivity index (χ0v) is 20.1. The van der Waals surface area contributed by atoms with Gasteiger partial charge in [0.2, 0.25) is 0 Å². The van der Waals surface area contributed by atoms with Crippen molar-refractivity contribution in [3.8, 4) is 0 Å². The van der Waals surface area contributed by atoms with E-state index in [1.54, 1.807) is 20.8 Å². The average molecular weight is 429 g/mol. The molecule has 0 fully saturated rings. The van der Waals surface area contributed by atoms with Gasteiger partial charge in [-0.3, -0.25) is 14.4 Å². The number of carbonyl (C=O) groups excluding carboxylic acids is 3. The SMILES string of the molecule is CC(=O)c1cc(C)cc(C)c1.CC(=O)c1cc(Cc2ccc(C)c(C(C)=O)c2)ccc1C. The van der Waals surface area contributed by atoms with Crippen molar-refractivity contribution in [2.75, 3.05) is 0 Å². The van der Waals surface area contributed by atoms with Crippen LogP contribution < -0.4 is 0 Å². The predicted molar refractivity (Wildman–Crippen MR) is 131 cm³/mol. The fourth-order valence-corrected chi connectivity index (χ4v) is 3.73. The van der Waals surface area contributed by atoms with Crippen molar-refractivity contribution in [3.63, 3.8) is 0 Å². The third kappa shape index (κ3) is 6.84. The molecule has 0 radical (unpaired) electrons. The van der Waals surface area contributed by atoms with E-state index < -0.39 is 0 Å². The molecule has 0 spiro atoms. The fraction of sp³-hybridized carbons (Fsp3) is 0.276. The molecule has 3 heteroatoms. The first-order chi connectivity index (χ1) is 15.0. The Bertz CT molecular complexity index is 1090. The average Bonchev–Trinajstić information content (AvgIpc) is 2.70. The van der Waals surface area contributed by atoms with E-state index in [0.717, 1.165) is 56.5 Å². The smallest absolute Gasteiger partial charge is 0.160 e. The van der Waals surface area contributed by atoms with Crippen molar-refractivity contribution < 1.29 is 14.4 Å². The number of hydrogen-bond donors (Lipinski definition) is 0. The van der Waals surface area contributed by atoms with Crippen LogP contribution in [0.5, 0.6) is 0 Å². The Morgan fingerprint density at radius 2 is 0.969 bits per heavy atom. The number of hydrogen-bond acceptors (Lipinski definition) is 3. The largest absolute Gasteiger partial charge is 0.295 e. The minimum Gasteiger partial charge on any atom is -0.295 e. The second kappa shape index (κ2) is 10.8. The van der Waals surface area contributed by atoms with Crippen LogP contribution in [0.15, 0.2) is 54.6 Å². The number of benzene rings is 3. The molecule has 166 valence electrons. The highest BCUT2D eigenvalue weighted by Gasteiger charge is 2.08. The third-order valence-corrected chi connectivity index (χ3v) is 5.40. The van der Waals surface area contributed by atoms with E-state index in [9.17, 15) is 14.4 Å². The summed E-state index contributed by atoms with van der Waals surface area (Å²) in [7, 11) is 0. The van der Waals surface area contributed by atoms with Crippen LogP contribution in [0.4, 0.5) is 0 Å². The van der Waals surface area contributed by atoms with Crippen molar-refractivity contribution in [3.05, 3.63) is 105 Å². The molecule has 0 saturated heterocycles. The summed E-state index contributed by atoms with van der Waals surface area (Å²) >= 11 is 0. The minimum atomic E-state index is 0.0858. The molecule has 0 heterocycles. The Morgan fingerprint density at radius 3 is 1.31 bits per heavy atom. The van der Waals surface area contributed by atoms with Crippen LogP contribution in [0.3, 0.4) is 0 Å². The lowest BCUT2D eigenvalue weighted by Crippen LogP contribution is -2.01. The van der Waals surface area contributed by atoms with E-state index in [4.69, 9.17) is 0 Å².